The first-order valence-electron chi connectivity index (χ1n) is 10.3. The van der Waals surface area contributed by atoms with Crippen molar-refractivity contribution in [3.8, 4) is 5.75 Å². The summed E-state index contributed by atoms with van der Waals surface area (Å²) in [6.45, 7) is 1.19. The Bertz CT molecular complexity index is 1360. The number of thiophene rings is 1. The average molecular weight is 468 g/mol. The molecular formula is C23H21N3O4S2. The van der Waals surface area contributed by atoms with Gasteiger partial charge in [-0.25, -0.2) is 9.97 Å². The number of rotatable bonds is 7. The van der Waals surface area contributed by atoms with Crippen molar-refractivity contribution in [1.29, 1.82) is 0 Å². The van der Waals surface area contributed by atoms with Crippen LogP contribution in [0.3, 0.4) is 0 Å². The Labute approximate surface area is 192 Å². The lowest BCUT2D eigenvalue weighted by atomic mass is 10.1. The van der Waals surface area contributed by atoms with E-state index >= 15 is 0 Å². The maximum absolute atomic E-state index is 13.5. The Morgan fingerprint density at radius 2 is 2.28 bits per heavy atom. The van der Waals surface area contributed by atoms with Crippen LogP contribution in [0.1, 0.15) is 28.8 Å². The van der Waals surface area contributed by atoms with Gasteiger partial charge < -0.3 is 9.47 Å². The third-order valence-electron chi connectivity index (χ3n) is 5.53. The Morgan fingerprint density at radius 1 is 1.38 bits per heavy atom. The van der Waals surface area contributed by atoms with E-state index in [0.717, 1.165) is 41.5 Å². The highest BCUT2D eigenvalue weighted by atomic mass is 32.2. The summed E-state index contributed by atoms with van der Waals surface area (Å²) in [5.41, 5.74) is 2.07. The van der Waals surface area contributed by atoms with E-state index in [2.05, 4.69) is 4.98 Å². The number of thioether (sulfide) groups is 1. The zero-order chi connectivity index (χ0) is 22.1. The minimum Gasteiger partial charge on any atom is -0.496 e. The van der Waals surface area contributed by atoms with E-state index in [1.807, 2.05) is 18.2 Å². The van der Waals surface area contributed by atoms with Gasteiger partial charge in [-0.1, -0.05) is 11.8 Å². The van der Waals surface area contributed by atoms with Gasteiger partial charge in [0.1, 0.15) is 21.6 Å². The standard InChI is InChI=1S/C23H21N3O4S2/c1-29-18-7-6-14(12-27)10-15(18)13-31-23-25-19-17-5-2-8-24-21(17)32-20(19)22(28)26(23)11-16-4-3-9-30-16/h2,5-8,10,12,16H,3-4,9,11,13H2,1H3/t16-/m1/s1. The van der Waals surface area contributed by atoms with Crippen LogP contribution in [0.25, 0.3) is 20.4 Å². The van der Waals surface area contributed by atoms with Crippen molar-refractivity contribution in [1.82, 2.24) is 14.5 Å². The Morgan fingerprint density at radius 3 is 3.06 bits per heavy atom. The van der Waals surface area contributed by atoms with Gasteiger partial charge in [-0.3, -0.25) is 14.2 Å². The maximum Gasteiger partial charge on any atom is 0.272 e. The smallest absolute Gasteiger partial charge is 0.272 e. The van der Waals surface area contributed by atoms with Crippen molar-refractivity contribution >= 4 is 49.8 Å². The number of ether oxygens (including phenoxy) is 2. The summed E-state index contributed by atoms with van der Waals surface area (Å²) in [5, 5.41) is 1.51. The number of hydrogen-bond donors (Lipinski definition) is 0. The van der Waals surface area contributed by atoms with Crippen molar-refractivity contribution in [2.75, 3.05) is 13.7 Å². The monoisotopic (exact) mass is 467 g/mol. The van der Waals surface area contributed by atoms with Gasteiger partial charge in [-0.15, -0.1) is 11.3 Å². The van der Waals surface area contributed by atoms with E-state index in [-0.39, 0.29) is 11.7 Å². The summed E-state index contributed by atoms with van der Waals surface area (Å²) in [5.74, 6) is 1.21. The summed E-state index contributed by atoms with van der Waals surface area (Å²) in [6.07, 6.45) is 4.48. The molecule has 9 heteroatoms. The van der Waals surface area contributed by atoms with Crippen LogP contribution in [0, 0.1) is 0 Å². The van der Waals surface area contributed by atoms with Gasteiger partial charge in [0.05, 0.1) is 25.3 Å². The molecular weight excluding hydrogens is 446 g/mol. The lowest BCUT2D eigenvalue weighted by Gasteiger charge is -2.16. The average Bonchev–Trinajstić information content (AvgIpc) is 3.47. The lowest BCUT2D eigenvalue weighted by Crippen LogP contribution is -2.28. The first-order valence-corrected chi connectivity index (χ1v) is 12.1. The van der Waals surface area contributed by atoms with E-state index < -0.39 is 0 Å². The molecule has 4 heterocycles. The van der Waals surface area contributed by atoms with Crippen LogP contribution in [0.5, 0.6) is 5.75 Å². The largest absolute Gasteiger partial charge is 0.496 e. The zero-order valence-electron chi connectivity index (χ0n) is 17.4. The third kappa shape index (κ3) is 3.92. The van der Waals surface area contributed by atoms with Crippen molar-refractivity contribution < 1.29 is 14.3 Å². The SMILES string of the molecule is COc1ccc(C=O)cc1CSc1nc2c(sc3ncccc32)c(=O)n1C[C@H]1CCCO1. The van der Waals surface area contributed by atoms with Gasteiger partial charge in [-0.05, 0) is 43.2 Å². The number of carbonyl (C=O) groups excluding carboxylic acids is 1. The molecule has 1 aliphatic heterocycles. The van der Waals surface area contributed by atoms with Crippen molar-refractivity contribution in [3.63, 3.8) is 0 Å². The Hall–Kier alpha value is -2.75. The first-order chi connectivity index (χ1) is 15.7. The van der Waals surface area contributed by atoms with Gasteiger partial charge in [-0.2, -0.15) is 0 Å². The second kappa shape index (κ2) is 9.01. The van der Waals surface area contributed by atoms with Gasteiger partial charge in [0.15, 0.2) is 5.16 Å². The predicted octanol–water partition coefficient (Wildman–Crippen LogP) is 4.30. The number of carbonyl (C=O) groups is 1. The van der Waals surface area contributed by atoms with Crippen LogP contribution < -0.4 is 10.3 Å². The number of nitrogens with zero attached hydrogens (tertiary/aromatic N) is 3. The highest BCUT2D eigenvalue weighted by molar-refractivity contribution is 7.98. The molecule has 1 aromatic carbocycles. The molecule has 0 bridgehead atoms. The number of methoxy groups -OCH3 is 1. The van der Waals surface area contributed by atoms with Gasteiger partial charge in [0, 0.05) is 35.1 Å². The second-order valence-corrected chi connectivity index (χ2v) is 9.50. The molecule has 0 N–H and O–H groups in total. The molecule has 1 atom stereocenters. The highest BCUT2D eigenvalue weighted by Gasteiger charge is 2.22. The minimum atomic E-state index is -0.0652. The molecule has 3 aromatic heterocycles. The second-order valence-electron chi connectivity index (χ2n) is 7.56. The van der Waals surface area contributed by atoms with Crippen LogP contribution in [0.15, 0.2) is 46.5 Å². The van der Waals surface area contributed by atoms with Crippen molar-refractivity contribution in [3.05, 3.63) is 58.0 Å². The lowest BCUT2D eigenvalue weighted by molar-refractivity contribution is 0.0937. The summed E-state index contributed by atoms with van der Waals surface area (Å²) in [7, 11) is 1.60. The summed E-state index contributed by atoms with van der Waals surface area (Å²) in [4.78, 5) is 34.9. The molecule has 0 saturated carbocycles. The fraction of sp³-hybridized carbons (Fsp3) is 0.304. The molecule has 164 valence electrons. The molecule has 4 aromatic rings. The van der Waals surface area contributed by atoms with E-state index in [1.165, 1.54) is 23.1 Å². The normalized spacial score (nSPS) is 16.1. The summed E-state index contributed by atoms with van der Waals surface area (Å²) < 4.78 is 13.6. The fourth-order valence-corrected chi connectivity index (χ4v) is 5.94. The molecule has 1 aliphatic rings. The molecule has 0 amide bonds. The third-order valence-corrected chi connectivity index (χ3v) is 7.64. The van der Waals surface area contributed by atoms with E-state index in [4.69, 9.17) is 14.5 Å². The van der Waals surface area contributed by atoms with Crippen LogP contribution >= 0.6 is 23.1 Å². The van der Waals surface area contributed by atoms with Gasteiger partial charge in [0.2, 0.25) is 0 Å². The number of pyridine rings is 1. The first kappa shape index (κ1) is 21.1. The van der Waals surface area contributed by atoms with E-state index in [0.29, 0.717) is 39.0 Å². The Balaban J connectivity index is 1.59. The van der Waals surface area contributed by atoms with E-state index in [1.54, 1.807) is 30.0 Å². The highest BCUT2D eigenvalue weighted by Crippen LogP contribution is 2.33. The topological polar surface area (TPSA) is 83.3 Å². The van der Waals surface area contributed by atoms with Gasteiger partial charge >= 0.3 is 0 Å². The number of fused-ring (bicyclic) bond motifs is 3. The van der Waals surface area contributed by atoms with Crippen LogP contribution in [0.4, 0.5) is 0 Å². The van der Waals surface area contributed by atoms with E-state index in [9.17, 15) is 9.59 Å². The molecule has 7 nitrogen and oxygen atoms in total. The van der Waals surface area contributed by atoms with Crippen LogP contribution in [-0.2, 0) is 17.0 Å². The molecule has 32 heavy (non-hydrogen) atoms. The van der Waals surface area contributed by atoms with Gasteiger partial charge in [0.25, 0.3) is 5.56 Å². The maximum atomic E-state index is 13.5. The summed E-state index contributed by atoms with van der Waals surface area (Å²) in [6, 6.07) is 9.12. The predicted molar refractivity (Wildman–Crippen MR) is 126 cm³/mol. The number of hydrogen-bond acceptors (Lipinski definition) is 8. The van der Waals surface area contributed by atoms with Crippen molar-refractivity contribution in [2.45, 2.75) is 36.4 Å². The van der Waals surface area contributed by atoms with Crippen LogP contribution in [0.2, 0.25) is 0 Å². The van der Waals surface area contributed by atoms with Crippen LogP contribution in [-0.4, -0.2) is 40.6 Å². The Kier molecular flexibility index (Phi) is 5.95. The van der Waals surface area contributed by atoms with Crippen molar-refractivity contribution in [2.24, 2.45) is 0 Å². The number of benzene rings is 1. The fourth-order valence-electron chi connectivity index (χ4n) is 3.93. The molecule has 1 saturated heterocycles. The molecule has 1 fully saturated rings. The molecule has 0 radical (unpaired) electrons. The minimum absolute atomic E-state index is 0.00623. The summed E-state index contributed by atoms with van der Waals surface area (Å²) >= 11 is 2.84. The number of aldehydes is 1. The molecule has 0 unspecified atom stereocenters. The molecule has 5 rings (SSSR count). The zero-order valence-corrected chi connectivity index (χ0v) is 19.1. The molecule has 0 aliphatic carbocycles. The number of aromatic nitrogens is 3. The molecule has 0 spiro atoms. The quantitative estimate of drug-likeness (QED) is 0.228.